The van der Waals surface area contributed by atoms with Gasteiger partial charge in [0.05, 0.1) is 18.8 Å². The lowest BCUT2D eigenvalue weighted by atomic mass is 9.82. The number of hydrogen-bond donors (Lipinski definition) is 1. The zero-order valence-corrected chi connectivity index (χ0v) is 10.9. The van der Waals surface area contributed by atoms with Crippen LogP contribution in [0.1, 0.15) is 43.5 Å². The van der Waals surface area contributed by atoms with Crippen molar-refractivity contribution < 1.29 is 4.74 Å². The number of nitrogens with two attached hydrogens (primary N) is 1. The summed E-state index contributed by atoms with van der Waals surface area (Å²) in [6, 6.07) is 0. The largest absolute Gasteiger partial charge is 0.388 e. The van der Waals surface area contributed by atoms with Crippen molar-refractivity contribution in [3.63, 3.8) is 0 Å². The fourth-order valence-corrected chi connectivity index (χ4v) is 2.19. The Morgan fingerprint density at radius 2 is 2.35 bits per heavy atom. The van der Waals surface area contributed by atoms with Crippen molar-refractivity contribution in [2.24, 2.45) is 5.73 Å². The number of thiocarbonyl (C=S) groups is 1. The van der Waals surface area contributed by atoms with Gasteiger partial charge in [-0.1, -0.05) is 23.9 Å². The molecule has 6 heteroatoms. The van der Waals surface area contributed by atoms with Crippen molar-refractivity contribution in [2.45, 2.75) is 38.6 Å². The van der Waals surface area contributed by atoms with E-state index < -0.39 is 0 Å². The summed E-state index contributed by atoms with van der Waals surface area (Å²) in [5.41, 5.74) is 7.48. The number of hydrogen-bond acceptors (Lipinski definition) is 4. The van der Waals surface area contributed by atoms with E-state index in [1.807, 2.05) is 11.6 Å². The summed E-state index contributed by atoms with van der Waals surface area (Å²) < 4.78 is 7.24. The molecule has 0 spiro atoms. The van der Waals surface area contributed by atoms with Crippen LogP contribution in [0.15, 0.2) is 0 Å². The normalized spacial score (nSPS) is 15.8. The van der Waals surface area contributed by atoms with Gasteiger partial charge < -0.3 is 10.5 Å². The molecule has 0 saturated heterocycles. The first-order valence-corrected chi connectivity index (χ1v) is 6.45. The van der Waals surface area contributed by atoms with Crippen LogP contribution < -0.4 is 5.73 Å². The van der Waals surface area contributed by atoms with E-state index in [0.29, 0.717) is 23.2 Å². The van der Waals surface area contributed by atoms with E-state index in [1.165, 1.54) is 19.3 Å². The maximum atomic E-state index is 5.68. The summed E-state index contributed by atoms with van der Waals surface area (Å²) in [6.45, 7) is 4.07. The van der Waals surface area contributed by atoms with Crippen molar-refractivity contribution in [1.29, 1.82) is 0 Å². The highest BCUT2D eigenvalue weighted by Crippen LogP contribution is 2.37. The summed E-state index contributed by atoms with van der Waals surface area (Å²) in [4.78, 5) is 0.342. The molecule has 1 saturated carbocycles. The number of aromatic nitrogens is 3. The topological polar surface area (TPSA) is 66.0 Å². The molecule has 0 aliphatic heterocycles. The van der Waals surface area contributed by atoms with E-state index in [2.05, 4.69) is 10.3 Å². The Hall–Kier alpha value is -1.01. The summed E-state index contributed by atoms with van der Waals surface area (Å²) in [7, 11) is 0. The molecule has 1 aliphatic carbocycles. The molecular formula is C11H18N4OS. The van der Waals surface area contributed by atoms with Crippen LogP contribution in [-0.4, -0.2) is 33.2 Å². The third-order valence-corrected chi connectivity index (χ3v) is 3.34. The van der Waals surface area contributed by atoms with E-state index >= 15 is 0 Å². The SMILES string of the molecule is CCOCCn1nnc(C(N)=S)c1C1CCC1. The monoisotopic (exact) mass is 254 g/mol. The molecule has 1 fully saturated rings. The molecular weight excluding hydrogens is 236 g/mol. The number of ether oxygens (including phenoxy) is 1. The Morgan fingerprint density at radius 1 is 1.59 bits per heavy atom. The van der Waals surface area contributed by atoms with Crippen molar-refractivity contribution in [2.75, 3.05) is 13.2 Å². The molecule has 0 unspecified atom stereocenters. The van der Waals surface area contributed by atoms with Crippen LogP contribution in [0, 0.1) is 0 Å². The van der Waals surface area contributed by atoms with Crippen LogP contribution in [0.25, 0.3) is 0 Å². The first-order chi connectivity index (χ1) is 8.24. The Morgan fingerprint density at radius 3 is 2.88 bits per heavy atom. The minimum Gasteiger partial charge on any atom is -0.388 e. The van der Waals surface area contributed by atoms with Gasteiger partial charge in [0.2, 0.25) is 0 Å². The van der Waals surface area contributed by atoms with Gasteiger partial charge in [0.25, 0.3) is 0 Å². The zero-order chi connectivity index (χ0) is 12.3. The fraction of sp³-hybridized carbons (Fsp3) is 0.727. The zero-order valence-electron chi connectivity index (χ0n) is 10.1. The molecule has 1 aliphatic rings. The highest BCUT2D eigenvalue weighted by Gasteiger charge is 2.28. The van der Waals surface area contributed by atoms with Crippen molar-refractivity contribution >= 4 is 17.2 Å². The maximum Gasteiger partial charge on any atom is 0.143 e. The van der Waals surface area contributed by atoms with Gasteiger partial charge in [0.1, 0.15) is 10.7 Å². The van der Waals surface area contributed by atoms with Crippen LogP contribution in [0.4, 0.5) is 0 Å². The van der Waals surface area contributed by atoms with Gasteiger partial charge in [0, 0.05) is 12.5 Å². The van der Waals surface area contributed by atoms with Gasteiger partial charge >= 0.3 is 0 Å². The molecule has 2 N–H and O–H groups in total. The molecule has 5 nitrogen and oxygen atoms in total. The van der Waals surface area contributed by atoms with Crippen molar-refractivity contribution in [3.05, 3.63) is 11.4 Å². The highest BCUT2D eigenvalue weighted by molar-refractivity contribution is 7.80. The second-order valence-corrected chi connectivity index (χ2v) is 4.68. The van der Waals surface area contributed by atoms with Gasteiger partial charge in [-0.15, -0.1) is 5.10 Å². The minimum atomic E-state index is 0.342. The maximum absolute atomic E-state index is 5.68. The lowest BCUT2D eigenvalue weighted by Gasteiger charge is -2.26. The third-order valence-electron chi connectivity index (χ3n) is 3.15. The van der Waals surface area contributed by atoms with Crippen LogP contribution >= 0.6 is 12.2 Å². The molecule has 94 valence electrons. The highest BCUT2D eigenvalue weighted by atomic mass is 32.1. The predicted molar refractivity (Wildman–Crippen MR) is 69.0 cm³/mol. The Balaban J connectivity index is 2.16. The first kappa shape index (κ1) is 12.4. The number of rotatable bonds is 6. The van der Waals surface area contributed by atoms with Crippen LogP contribution in [-0.2, 0) is 11.3 Å². The van der Waals surface area contributed by atoms with E-state index in [-0.39, 0.29) is 0 Å². The standard InChI is InChI=1S/C11H18N4OS/c1-2-16-7-6-15-10(8-4-3-5-8)9(11(12)17)13-14-15/h8H,2-7H2,1H3,(H2,12,17). The smallest absolute Gasteiger partial charge is 0.143 e. The van der Waals surface area contributed by atoms with Crippen molar-refractivity contribution in [3.8, 4) is 0 Å². The summed E-state index contributed by atoms with van der Waals surface area (Å²) in [6.07, 6.45) is 3.62. The van der Waals surface area contributed by atoms with Crippen LogP contribution in [0.3, 0.4) is 0 Å². The molecule has 0 aromatic carbocycles. The Bertz CT molecular complexity index is 400. The van der Waals surface area contributed by atoms with Gasteiger partial charge in [0.15, 0.2) is 0 Å². The molecule has 1 aromatic rings. The quantitative estimate of drug-likeness (QED) is 0.610. The molecule has 0 atom stereocenters. The predicted octanol–water partition coefficient (Wildman–Crippen LogP) is 1.22. The average molecular weight is 254 g/mol. The van der Waals surface area contributed by atoms with E-state index in [0.717, 1.165) is 18.8 Å². The number of nitrogens with zero attached hydrogens (tertiary/aromatic N) is 3. The van der Waals surface area contributed by atoms with Crippen LogP contribution in [0.5, 0.6) is 0 Å². The molecule has 17 heavy (non-hydrogen) atoms. The molecule has 0 radical (unpaired) electrons. The average Bonchev–Trinajstić information content (AvgIpc) is 2.60. The molecule has 2 rings (SSSR count). The Kier molecular flexibility index (Phi) is 4.06. The van der Waals surface area contributed by atoms with E-state index in [1.54, 1.807) is 0 Å². The molecule has 0 amide bonds. The summed E-state index contributed by atoms with van der Waals surface area (Å²) in [5, 5.41) is 8.22. The third kappa shape index (κ3) is 2.63. The first-order valence-electron chi connectivity index (χ1n) is 6.05. The second-order valence-electron chi connectivity index (χ2n) is 4.24. The lowest BCUT2D eigenvalue weighted by molar-refractivity contribution is 0.134. The van der Waals surface area contributed by atoms with Gasteiger partial charge in [-0.3, -0.25) is 0 Å². The molecule has 1 heterocycles. The van der Waals surface area contributed by atoms with E-state index in [4.69, 9.17) is 22.7 Å². The van der Waals surface area contributed by atoms with Gasteiger partial charge in [-0.05, 0) is 19.8 Å². The second kappa shape index (κ2) is 5.55. The Labute approximate surface area is 106 Å². The van der Waals surface area contributed by atoms with Crippen molar-refractivity contribution in [1.82, 2.24) is 15.0 Å². The lowest BCUT2D eigenvalue weighted by Crippen LogP contribution is -2.21. The van der Waals surface area contributed by atoms with E-state index in [9.17, 15) is 0 Å². The molecule has 0 bridgehead atoms. The minimum absolute atomic E-state index is 0.342. The van der Waals surface area contributed by atoms with Crippen LogP contribution in [0.2, 0.25) is 0 Å². The summed E-state index contributed by atoms with van der Waals surface area (Å²) >= 11 is 5.02. The summed E-state index contributed by atoms with van der Waals surface area (Å²) in [5.74, 6) is 0.517. The van der Waals surface area contributed by atoms with Gasteiger partial charge in [-0.2, -0.15) is 0 Å². The molecule has 1 aromatic heterocycles. The van der Waals surface area contributed by atoms with Gasteiger partial charge in [-0.25, -0.2) is 4.68 Å². The fourth-order valence-electron chi connectivity index (χ4n) is 2.04.